The van der Waals surface area contributed by atoms with E-state index in [1.807, 2.05) is 18.7 Å². The maximum atomic E-state index is 13.0. The molecule has 0 saturated carbocycles. The molecule has 2 amide bonds. The summed E-state index contributed by atoms with van der Waals surface area (Å²) in [6.07, 6.45) is 4.21. The lowest BCUT2D eigenvalue weighted by atomic mass is 10.0. The fourth-order valence-electron chi connectivity index (χ4n) is 4.08. The van der Waals surface area contributed by atoms with E-state index in [0.717, 1.165) is 29.8 Å². The molecule has 28 heavy (non-hydrogen) atoms. The Hall–Kier alpha value is -2.48. The van der Waals surface area contributed by atoms with Crippen molar-refractivity contribution in [2.45, 2.75) is 65.5 Å². The van der Waals surface area contributed by atoms with Crippen LogP contribution in [0.3, 0.4) is 0 Å². The van der Waals surface area contributed by atoms with Crippen LogP contribution in [0, 0.1) is 13.8 Å². The van der Waals surface area contributed by atoms with E-state index in [0.29, 0.717) is 37.3 Å². The molecule has 0 atom stereocenters. The van der Waals surface area contributed by atoms with E-state index in [1.165, 1.54) is 6.20 Å². The summed E-state index contributed by atoms with van der Waals surface area (Å²) in [5, 5.41) is 4.25. The van der Waals surface area contributed by atoms with Crippen molar-refractivity contribution in [3.8, 4) is 0 Å². The second-order valence-corrected chi connectivity index (χ2v) is 7.66. The van der Waals surface area contributed by atoms with Gasteiger partial charge in [-0.3, -0.25) is 9.59 Å². The van der Waals surface area contributed by atoms with Gasteiger partial charge in [0.15, 0.2) is 5.65 Å². The Balaban J connectivity index is 1.80. The summed E-state index contributed by atoms with van der Waals surface area (Å²) in [6.45, 7) is 9.36. The van der Waals surface area contributed by atoms with E-state index in [9.17, 15) is 9.59 Å². The Morgan fingerprint density at radius 2 is 2.00 bits per heavy atom. The lowest BCUT2D eigenvalue weighted by molar-refractivity contribution is -0.137. The average Bonchev–Trinajstić information content (AvgIpc) is 3.06. The van der Waals surface area contributed by atoms with Crippen molar-refractivity contribution in [3.63, 3.8) is 0 Å². The number of ether oxygens (including phenoxy) is 1. The maximum Gasteiger partial charge on any atom is 0.254 e. The first kappa shape index (κ1) is 20.3. The highest BCUT2D eigenvalue weighted by molar-refractivity contribution is 5.98. The number of hydrogen-bond acceptors (Lipinski definition) is 5. The zero-order valence-corrected chi connectivity index (χ0v) is 17.1. The van der Waals surface area contributed by atoms with Crippen LogP contribution in [0.15, 0.2) is 6.20 Å². The Morgan fingerprint density at radius 1 is 1.32 bits per heavy atom. The van der Waals surface area contributed by atoms with E-state index in [2.05, 4.69) is 23.9 Å². The minimum Gasteiger partial charge on any atom is -0.381 e. The molecule has 2 aromatic heterocycles. The number of carbonyl (C=O) groups excluding carboxylic acids is 2. The van der Waals surface area contributed by atoms with Gasteiger partial charge in [-0.2, -0.15) is 5.10 Å². The SMILES string of the molecule is Cc1nc2c(C(N)=O)cnn2c(C)c1CCC(=O)N(C(C)C)C1CCOCC1. The summed E-state index contributed by atoms with van der Waals surface area (Å²) >= 11 is 0. The number of amides is 2. The Bertz CT molecular complexity index is 884. The maximum absolute atomic E-state index is 13.0. The highest BCUT2D eigenvalue weighted by Gasteiger charge is 2.28. The third kappa shape index (κ3) is 3.87. The lowest BCUT2D eigenvalue weighted by Crippen LogP contribution is -2.47. The number of nitrogens with two attached hydrogens (primary N) is 1. The van der Waals surface area contributed by atoms with Crippen molar-refractivity contribution in [1.82, 2.24) is 19.5 Å². The van der Waals surface area contributed by atoms with Crippen LogP contribution in [-0.4, -0.2) is 56.6 Å². The number of aromatic nitrogens is 3. The van der Waals surface area contributed by atoms with Gasteiger partial charge < -0.3 is 15.4 Å². The third-order valence-corrected chi connectivity index (χ3v) is 5.49. The quantitative estimate of drug-likeness (QED) is 0.814. The number of carbonyl (C=O) groups is 2. The predicted molar refractivity (Wildman–Crippen MR) is 105 cm³/mol. The Labute approximate surface area is 165 Å². The van der Waals surface area contributed by atoms with Crippen molar-refractivity contribution in [3.05, 3.63) is 28.7 Å². The number of nitrogens with zero attached hydrogens (tertiary/aromatic N) is 4. The summed E-state index contributed by atoms with van der Waals surface area (Å²) in [4.78, 5) is 31.1. The van der Waals surface area contributed by atoms with Gasteiger partial charge in [-0.1, -0.05) is 0 Å². The molecule has 1 saturated heterocycles. The average molecular weight is 387 g/mol. The molecular weight excluding hydrogens is 358 g/mol. The highest BCUT2D eigenvalue weighted by Crippen LogP contribution is 2.22. The lowest BCUT2D eigenvalue weighted by Gasteiger charge is -2.37. The number of fused-ring (bicyclic) bond motifs is 1. The molecule has 0 aliphatic carbocycles. The number of aryl methyl sites for hydroxylation is 2. The number of primary amides is 1. The molecule has 1 fully saturated rings. The van der Waals surface area contributed by atoms with Gasteiger partial charge in [0.05, 0.1) is 6.20 Å². The fraction of sp³-hybridized carbons (Fsp3) is 0.600. The fourth-order valence-corrected chi connectivity index (χ4v) is 4.08. The first-order valence-corrected chi connectivity index (χ1v) is 9.83. The molecule has 1 aliphatic heterocycles. The first-order chi connectivity index (χ1) is 13.3. The monoisotopic (exact) mass is 387 g/mol. The van der Waals surface area contributed by atoms with Gasteiger partial charge >= 0.3 is 0 Å². The van der Waals surface area contributed by atoms with E-state index in [4.69, 9.17) is 10.5 Å². The predicted octanol–water partition coefficient (Wildman–Crippen LogP) is 1.79. The van der Waals surface area contributed by atoms with Crippen molar-refractivity contribution in [1.29, 1.82) is 0 Å². The topological polar surface area (TPSA) is 103 Å². The molecule has 8 nitrogen and oxygen atoms in total. The minimum absolute atomic E-state index is 0.152. The largest absolute Gasteiger partial charge is 0.381 e. The molecule has 3 heterocycles. The second-order valence-electron chi connectivity index (χ2n) is 7.66. The molecule has 2 aromatic rings. The third-order valence-electron chi connectivity index (χ3n) is 5.49. The van der Waals surface area contributed by atoms with Crippen molar-refractivity contribution in [2.75, 3.05) is 13.2 Å². The highest BCUT2D eigenvalue weighted by atomic mass is 16.5. The molecule has 0 spiro atoms. The molecule has 1 aliphatic rings. The Morgan fingerprint density at radius 3 is 2.61 bits per heavy atom. The van der Waals surface area contributed by atoms with Gasteiger partial charge in [0.25, 0.3) is 5.91 Å². The van der Waals surface area contributed by atoms with Crippen LogP contribution in [0.4, 0.5) is 0 Å². The van der Waals surface area contributed by atoms with Crippen LogP contribution >= 0.6 is 0 Å². The summed E-state index contributed by atoms with van der Waals surface area (Å²) in [5.74, 6) is -0.396. The first-order valence-electron chi connectivity index (χ1n) is 9.83. The molecule has 0 bridgehead atoms. The van der Waals surface area contributed by atoms with Gasteiger partial charge in [0, 0.05) is 43.1 Å². The standard InChI is InChI=1S/C20H29N5O3/c1-12(2)24(15-7-9-28-10-8-15)18(26)6-5-16-13(3)23-20-17(19(21)27)11-22-25(20)14(16)4/h11-12,15H,5-10H2,1-4H3,(H2,21,27). The summed E-state index contributed by atoms with van der Waals surface area (Å²) < 4.78 is 7.07. The van der Waals surface area contributed by atoms with Crippen molar-refractivity contribution in [2.24, 2.45) is 5.73 Å². The molecule has 152 valence electrons. The molecular formula is C20H29N5O3. The van der Waals surface area contributed by atoms with Crippen LogP contribution < -0.4 is 5.73 Å². The number of rotatable bonds is 6. The van der Waals surface area contributed by atoms with Gasteiger partial charge in [-0.05, 0) is 52.5 Å². The van der Waals surface area contributed by atoms with E-state index < -0.39 is 5.91 Å². The summed E-state index contributed by atoms with van der Waals surface area (Å²) in [6, 6.07) is 0.399. The molecule has 3 rings (SSSR count). The van der Waals surface area contributed by atoms with Crippen molar-refractivity contribution >= 4 is 17.5 Å². The molecule has 2 N–H and O–H groups in total. The van der Waals surface area contributed by atoms with Gasteiger partial charge in [0.1, 0.15) is 5.56 Å². The van der Waals surface area contributed by atoms with Crippen LogP contribution in [0.1, 0.15) is 60.4 Å². The smallest absolute Gasteiger partial charge is 0.254 e. The van der Waals surface area contributed by atoms with Gasteiger partial charge in [-0.15, -0.1) is 0 Å². The normalized spacial score (nSPS) is 15.3. The zero-order valence-electron chi connectivity index (χ0n) is 17.1. The van der Waals surface area contributed by atoms with Crippen molar-refractivity contribution < 1.29 is 14.3 Å². The van der Waals surface area contributed by atoms with Gasteiger partial charge in [-0.25, -0.2) is 9.50 Å². The molecule has 8 heteroatoms. The van der Waals surface area contributed by atoms with E-state index >= 15 is 0 Å². The van der Waals surface area contributed by atoms with E-state index in [1.54, 1.807) is 4.52 Å². The number of hydrogen-bond donors (Lipinski definition) is 1. The van der Waals surface area contributed by atoms with Crippen LogP contribution in [-0.2, 0) is 16.0 Å². The minimum atomic E-state index is -0.548. The molecule has 0 unspecified atom stereocenters. The summed E-state index contributed by atoms with van der Waals surface area (Å²) in [5.41, 5.74) is 8.82. The summed E-state index contributed by atoms with van der Waals surface area (Å²) in [7, 11) is 0. The molecule has 0 aromatic carbocycles. The molecule has 0 radical (unpaired) electrons. The van der Waals surface area contributed by atoms with Crippen LogP contribution in [0.25, 0.3) is 5.65 Å². The van der Waals surface area contributed by atoms with Gasteiger partial charge in [0.2, 0.25) is 5.91 Å². The zero-order chi connectivity index (χ0) is 20.4. The van der Waals surface area contributed by atoms with Crippen LogP contribution in [0.5, 0.6) is 0 Å². The second kappa shape index (κ2) is 8.26. The van der Waals surface area contributed by atoms with Crippen LogP contribution in [0.2, 0.25) is 0 Å². The Kier molecular flexibility index (Phi) is 5.98. The van der Waals surface area contributed by atoms with E-state index in [-0.39, 0.29) is 18.0 Å².